The van der Waals surface area contributed by atoms with Gasteiger partial charge in [-0.25, -0.2) is 14.1 Å². The van der Waals surface area contributed by atoms with Gasteiger partial charge in [-0.1, -0.05) is 0 Å². The lowest BCUT2D eigenvalue weighted by Gasteiger charge is -2.16. The van der Waals surface area contributed by atoms with Crippen LogP contribution in [-0.2, 0) is 11.3 Å². The maximum Gasteiger partial charge on any atom is 0.264 e. The molecule has 144 valence electrons. The van der Waals surface area contributed by atoms with E-state index in [0.29, 0.717) is 29.1 Å². The summed E-state index contributed by atoms with van der Waals surface area (Å²) >= 11 is 0. The number of carbonyl (C=O) groups is 1. The molecule has 0 fully saturated rings. The summed E-state index contributed by atoms with van der Waals surface area (Å²) in [6.45, 7) is 2.22. The van der Waals surface area contributed by atoms with E-state index in [-0.39, 0.29) is 36.7 Å². The van der Waals surface area contributed by atoms with E-state index in [2.05, 4.69) is 10.1 Å². The topological polar surface area (TPSA) is 96.8 Å². The fourth-order valence-electron chi connectivity index (χ4n) is 2.88. The molecule has 0 saturated carbocycles. The predicted molar refractivity (Wildman–Crippen MR) is 100 cm³/mol. The van der Waals surface area contributed by atoms with E-state index in [9.17, 15) is 14.0 Å². The number of carbonyl (C=O) groups excluding carboxylic acids is 1. The highest BCUT2D eigenvalue weighted by Gasteiger charge is 2.16. The standard InChI is InChI=1S/C19H19FN6O2/c1-13-23-18-16(12-22-26(18)15-6-4-14(20)5-7-15)19(28)25(13)11-8-17(27)24(2)10-3-9-21/h4-7,12H,3,8,10-11H2,1-2H3. The summed E-state index contributed by atoms with van der Waals surface area (Å²) < 4.78 is 16.1. The summed E-state index contributed by atoms with van der Waals surface area (Å²) in [7, 11) is 1.63. The van der Waals surface area contributed by atoms with Crippen LogP contribution in [0, 0.1) is 24.1 Å². The molecule has 0 radical (unpaired) electrons. The van der Waals surface area contributed by atoms with E-state index in [4.69, 9.17) is 5.26 Å². The lowest BCUT2D eigenvalue weighted by Crippen LogP contribution is -2.31. The molecule has 0 spiro atoms. The second kappa shape index (κ2) is 8.00. The Labute approximate surface area is 160 Å². The second-order valence-corrected chi connectivity index (χ2v) is 6.36. The van der Waals surface area contributed by atoms with Crippen LogP contribution < -0.4 is 5.56 Å². The van der Waals surface area contributed by atoms with Crippen LogP contribution in [0.4, 0.5) is 4.39 Å². The van der Waals surface area contributed by atoms with Crippen molar-refractivity contribution >= 4 is 16.9 Å². The predicted octanol–water partition coefficient (Wildman–Crippen LogP) is 1.79. The molecule has 3 aromatic rings. The number of fused-ring (bicyclic) bond motifs is 1. The van der Waals surface area contributed by atoms with Crippen molar-refractivity contribution in [2.24, 2.45) is 0 Å². The summed E-state index contributed by atoms with van der Waals surface area (Å²) in [4.78, 5) is 30.9. The summed E-state index contributed by atoms with van der Waals surface area (Å²) in [6, 6.07) is 7.73. The lowest BCUT2D eigenvalue weighted by atomic mass is 10.3. The first-order valence-electron chi connectivity index (χ1n) is 8.74. The number of halogens is 1. The van der Waals surface area contributed by atoms with Gasteiger partial charge >= 0.3 is 0 Å². The van der Waals surface area contributed by atoms with Crippen molar-refractivity contribution in [3.05, 3.63) is 52.5 Å². The molecule has 0 saturated heterocycles. The Bertz CT molecular complexity index is 1110. The SMILES string of the molecule is Cc1nc2c(cnn2-c2ccc(F)cc2)c(=O)n1CCC(=O)N(C)CCC#N. The van der Waals surface area contributed by atoms with E-state index >= 15 is 0 Å². The summed E-state index contributed by atoms with van der Waals surface area (Å²) in [5.41, 5.74) is 0.681. The van der Waals surface area contributed by atoms with Gasteiger partial charge in [-0.3, -0.25) is 14.2 Å². The van der Waals surface area contributed by atoms with Crippen LogP contribution >= 0.6 is 0 Å². The van der Waals surface area contributed by atoms with Gasteiger partial charge in [0.05, 0.1) is 24.4 Å². The summed E-state index contributed by atoms with van der Waals surface area (Å²) in [5.74, 6) is -0.0615. The molecule has 28 heavy (non-hydrogen) atoms. The van der Waals surface area contributed by atoms with Crippen molar-refractivity contribution in [3.8, 4) is 11.8 Å². The molecule has 0 unspecified atom stereocenters. The lowest BCUT2D eigenvalue weighted by molar-refractivity contribution is -0.130. The van der Waals surface area contributed by atoms with Crippen molar-refractivity contribution in [1.29, 1.82) is 5.26 Å². The largest absolute Gasteiger partial charge is 0.345 e. The number of benzene rings is 1. The fraction of sp³-hybridized carbons (Fsp3) is 0.316. The van der Waals surface area contributed by atoms with Crippen LogP contribution in [0.1, 0.15) is 18.7 Å². The highest BCUT2D eigenvalue weighted by atomic mass is 19.1. The van der Waals surface area contributed by atoms with Crippen molar-refractivity contribution in [1.82, 2.24) is 24.2 Å². The highest BCUT2D eigenvalue weighted by Crippen LogP contribution is 2.15. The summed E-state index contributed by atoms with van der Waals surface area (Å²) in [6.07, 6.45) is 1.81. The minimum Gasteiger partial charge on any atom is -0.345 e. The fourth-order valence-corrected chi connectivity index (χ4v) is 2.88. The Morgan fingerprint density at radius 1 is 1.32 bits per heavy atom. The molecule has 0 bridgehead atoms. The molecule has 0 aliphatic heterocycles. The van der Waals surface area contributed by atoms with Crippen LogP contribution in [-0.4, -0.2) is 43.7 Å². The first-order chi connectivity index (χ1) is 13.4. The van der Waals surface area contributed by atoms with Crippen molar-refractivity contribution in [3.63, 3.8) is 0 Å². The van der Waals surface area contributed by atoms with E-state index < -0.39 is 0 Å². The van der Waals surface area contributed by atoms with Crippen LogP contribution in [0.5, 0.6) is 0 Å². The number of nitriles is 1. The monoisotopic (exact) mass is 382 g/mol. The first-order valence-corrected chi connectivity index (χ1v) is 8.74. The molecule has 1 amide bonds. The maximum atomic E-state index is 13.2. The van der Waals surface area contributed by atoms with Crippen molar-refractivity contribution < 1.29 is 9.18 Å². The molecule has 1 aromatic carbocycles. The summed E-state index contributed by atoms with van der Waals surface area (Å²) in [5, 5.41) is 13.1. The Morgan fingerprint density at radius 3 is 2.71 bits per heavy atom. The van der Waals surface area contributed by atoms with Crippen molar-refractivity contribution in [2.45, 2.75) is 26.3 Å². The average Bonchev–Trinajstić information content (AvgIpc) is 3.10. The first kappa shape index (κ1) is 19.2. The van der Waals surface area contributed by atoms with Gasteiger partial charge < -0.3 is 4.90 Å². The Balaban J connectivity index is 1.88. The zero-order valence-corrected chi connectivity index (χ0v) is 15.6. The molecule has 0 N–H and O–H groups in total. The Hall–Kier alpha value is -3.54. The number of hydrogen-bond donors (Lipinski definition) is 0. The number of rotatable bonds is 6. The van der Waals surface area contributed by atoms with Crippen LogP contribution in [0.25, 0.3) is 16.7 Å². The third kappa shape index (κ3) is 3.76. The zero-order valence-electron chi connectivity index (χ0n) is 15.6. The molecule has 8 nitrogen and oxygen atoms in total. The Morgan fingerprint density at radius 2 is 2.04 bits per heavy atom. The number of amides is 1. The van der Waals surface area contributed by atoms with E-state index in [0.717, 1.165) is 0 Å². The number of aromatic nitrogens is 4. The average molecular weight is 382 g/mol. The van der Waals surface area contributed by atoms with Gasteiger partial charge in [-0.15, -0.1) is 0 Å². The molecular weight excluding hydrogens is 363 g/mol. The van der Waals surface area contributed by atoms with E-state index in [1.165, 1.54) is 32.5 Å². The molecule has 0 atom stereocenters. The molecule has 2 aromatic heterocycles. The quantitative estimate of drug-likeness (QED) is 0.647. The van der Waals surface area contributed by atoms with Crippen LogP contribution in [0.3, 0.4) is 0 Å². The highest BCUT2D eigenvalue weighted by molar-refractivity contribution is 5.76. The molecule has 0 aliphatic rings. The normalized spacial score (nSPS) is 10.8. The third-order valence-corrected chi connectivity index (χ3v) is 4.48. The van der Waals surface area contributed by atoms with E-state index in [1.54, 1.807) is 26.1 Å². The number of nitrogens with zero attached hydrogens (tertiary/aromatic N) is 6. The zero-order chi connectivity index (χ0) is 20.3. The van der Waals surface area contributed by atoms with Gasteiger partial charge in [0.15, 0.2) is 5.65 Å². The molecule has 2 heterocycles. The van der Waals surface area contributed by atoms with Gasteiger partial charge in [0, 0.05) is 26.6 Å². The maximum absolute atomic E-state index is 13.2. The second-order valence-electron chi connectivity index (χ2n) is 6.36. The van der Waals surface area contributed by atoms with Gasteiger partial charge in [0.25, 0.3) is 5.56 Å². The van der Waals surface area contributed by atoms with E-state index in [1.807, 2.05) is 6.07 Å². The minimum absolute atomic E-state index is 0.127. The van der Waals surface area contributed by atoms with Crippen LogP contribution in [0.2, 0.25) is 0 Å². The minimum atomic E-state index is -0.365. The molecule has 9 heteroatoms. The molecular formula is C19H19FN6O2. The van der Waals surface area contributed by atoms with Gasteiger partial charge in [-0.2, -0.15) is 10.4 Å². The third-order valence-electron chi connectivity index (χ3n) is 4.48. The van der Waals surface area contributed by atoms with Gasteiger partial charge in [0.1, 0.15) is 17.0 Å². The molecule has 3 rings (SSSR count). The molecule has 0 aliphatic carbocycles. The number of aryl methyl sites for hydroxylation is 1. The number of hydrogen-bond acceptors (Lipinski definition) is 5. The van der Waals surface area contributed by atoms with Crippen molar-refractivity contribution in [2.75, 3.05) is 13.6 Å². The smallest absolute Gasteiger partial charge is 0.264 e. The van der Waals surface area contributed by atoms with Gasteiger partial charge in [-0.05, 0) is 31.2 Å². The Kier molecular flexibility index (Phi) is 5.49. The van der Waals surface area contributed by atoms with Gasteiger partial charge in [0.2, 0.25) is 5.91 Å². The van der Waals surface area contributed by atoms with Crippen LogP contribution in [0.15, 0.2) is 35.3 Å².